The van der Waals surface area contributed by atoms with Gasteiger partial charge in [-0.2, -0.15) is 5.10 Å². The molecule has 0 spiro atoms. The molecular formula is C33H35Cl2N7O3. The van der Waals surface area contributed by atoms with Crippen LogP contribution in [-0.4, -0.2) is 81.8 Å². The number of benzene rings is 2. The Hall–Kier alpha value is -3.96. The maximum Gasteiger partial charge on any atom is 0.275 e. The van der Waals surface area contributed by atoms with Gasteiger partial charge in [-0.15, -0.1) is 0 Å². The molecule has 2 aliphatic rings. The van der Waals surface area contributed by atoms with Crippen LogP contribution >= 0.6 is 23.2 Å². The number of aromatic nitrogens is 3. The molecule has 0 bridgehead atoms. The van der Waals surface area contributed by atoms with E-state index >= 15 is 0 Å². The quantitative estimate of drug-likeness (QED) is 0.299. The molecule has 0 unspecified atom stereocenters. The molecule has 2 aromatic carbocycles. The highest BCUT2D eigenvalue weighted by atomic mass is 35.5. The van der Waals surface area contributed by atoms with E-state index in [1.165, 1.54) is 6.20 Å². The molecule has 45 heavy (non-hydrogen) atoms. The normalized spacial score (nSPS) is 15.8. The van der Waals surface area contributed by atoms with E-state index in [-0.39, 0.29) is 11.5 Å². The number of methoxy groups -OCH3 is 1. The van der Waals surface area contributed by atoms with Crippen LogP contribution in [0.2, 0.25) is 10.0 Å². The predicted octanol–water partition coefficient (Wildman–Crippen LogP) is 4.61. The number of nitrogens with two attached hydrogens (primary N) is 2. The first-order valence-electron chi connectivity index (χ1n) is 14.8. The number of pyridine rings is 1. The van der Waals surface area contributed by atoms with Gasteiger partial charge < -0.3 is 21.1 Å². The summed E-state index contributed by atoms with van der Waals surface area (Å²) < 4.78 is 7.57. The average Bonchev–Trinajstić information content (AvgIpc) is 3.40. The summed E-state index contributed by atoms with van der Waals surface area (Å²) in [6.07, 6.45) is 4.37. The van der Waals surface area contributed by atoms with Gasteiger partial charge in [0.25, 0.3) is 5.91 Å². The Bertz CT molecular complexity index is 1800. The van der Waals surface area contributed by atoms with Gasteiger partial charge in [0, 0.05) is 77.4 Å². The molecule has 1 aliphatic carbocycles. The molecule has 4 aromatic rings. The lowest BCUT2D eigenvalue weighted by atomic mass is 9.85. The van der Waals surface area contributed by atoms with E-state index in [1.807, 2.05) is 17.0 Å². The van der Waals surface area contributed by atoms with Crippen molar-refractivity contribution in [2.45, 2.75) is 32.2 Å². The number of aryl methyl sites for hydroxylation is 1. The molecule has 2 aromatic heterocycles. The zero-order chi connectivity index (χ0) is 32.0. The van der Waals surface area contributed by atoms with Gasteiger partial charge in [0.1, 0.15) is 5.75 Å². The van der Waals surface area contributed by atoms with Crippen molar-refractivity contribution < 1.29 is 14.3 Å². The smallest absolute Gasteiger partial charge is 0.275 e. The summed E-state index contributed by atoms with van der Waals surface area (Å²) >= 11 is 12.9. The van der Waals surface area contributed by atoms with Crippen molar-refractivity contribution in [2.24, 2.45) is 11.5 Å². The van der Waals surface area contributed by atoms with Gasteiger partial charge in [0.05, 0.1) is 29.6 Å². The molecule has 12 heteroatoms. The molecule has 0 atom stereocenters. The predicted molar refractivity (Wildman–Crippen MR) is 175 cm³/mol. The molecule has 0 radical (unpaired) electrons. The van der Waals surface area contributed by atoms with Gasteiger partial charge in [0.2, 0.25) is 5.91 Å². The molecule has 6 rings (SSSR count). The van der Waals surface area contributed by atoms with E-state index in [4.69, 9.17) is 44.5 Å². The fraction of sp³-hybridized carbons (Fsp3) is 0.333. The molecule has 10 nitrogen and oxygen atoms in total. The monoisotopic (exact) mass is 647 g/mol. The largest absolute Gasteiger partial charge is 0.496 e. The third-order valence-corrected chi connectivity index (χ3v) is 9.04. The summed E-state index contributed by atoms with van der Waals surface area (Å²) in [5.74, 6) is -0.0635. The first kappa shape index (κ1) is 31.0. The zero-order valence-corrected chi connectivity index (χ0v) is 27.0. The Morgan fingerprint density at radius 1 is 1.00 bits per heavy atom. The number of rotatable bonds is 7. The number of halogens is 2. The van der Waals surface area contributed by atoms with Gasteiger partial charge in [-0.05, 0) is 68.7 Å². The highest BCUT2D eigenvalue weighted by Gasteiger charge is 2.40. The fourth-order valence-corrected chi connectivity index (χ4v) is 7.06. The maximum absolute atomic E-state index is 14.4. The number of amides is 2. The van der Waals surface area contributed by atoms with Crippen LogP contribution in [0.15, 0.2) is 48.8 Å². The van der Waals surface area contributed by atoms with E-state index < -0.39 is 11.4 Å². The molecule has 1 saturated heterocycles. The Balaban J connectivity index is 1.54. The first-order chi connectivity index (χ1) is 21.5. The van der Waals surface area contributed by atoms with Crippen molar-refractivity contribution in [2.75, 3.05) is 39.8 Å². The summed E-state index contributed by atoms with van der Waals surface area (Å²) in [6, 6.07) is 10.9. The van der Waals surface area contributed by atoms with E-state index in [2.05, 4.69) is 23.7 Å². The number of nitrogens with zero attached hydrogens (tertiary/aromatic N) is 5. The van der Waals surface area contributed by atoms with Crippen LogP contribution in [-0.2, 0) is 12.8 Å². The number of ether oxygens (including phenoxy) is 1. The second-order valence-electron chi connectivity index (χ2n) is 12.1. The molecule has 3 heterocycles. The fourth-order valence-electron chi connectivity index (χ4n) is 6.54. The lowest BCUT2D eigenvalue weighted by Crippen LogP contribution is -2.61. The Kier molecular flexibility index (Phi) is 8.34. The van der Waals surface area contributed by atoms with Crippen LogP contribution in [0.25, 0.3) is 28.1 Å². The highest BCUT2D eigenvalue weighted by molar-refractivity contribution is 6.34. The number of primary amides is 1. The molecular weight excluding hydrogens is 613 g/mol. The first-order valence-corrected chi connectivity index (χ1v) is 15.6. The van der Waals surface area contributed by atoms with Crippen LogP contribution in [0.3, 0.4) is 0 Å². The minimum absolute atomic E-state index is 0.119. The molecule has 1 fully saturated rings. The van der Waals surface area contributed by atoms with Crippen LogP contribution in [0, 0.1) is 0 Å². The topological polar surface area (TPSA) is 133 Å². The number of hydrogen-bond acceptors (Lipinski definition) is 7. The van der Waals surface area contributed by atoms with Gasteiger partial charge in [-0.3, -0.25) is 19.5 Å². The summed E-state index contributed by atoms with van der Waals surface area (Å²) in [5, 5.41) is 5.89. The molecule has 234 valence electrons. The van der Waals surface area contributed by atoms with Gasteiger partial charge in [0.15, 0.2) is 5.69 Å². The minimum Gasteiger partial charge on any atom is -0.496 e. The molecule has 4 N–H and O–H groups in total. The molecule has 0 saturated carbocycles. The van der Waals surface area contributed by atoms with Crippen molar-refractivity contribution in [3.63, 3.8) is 0 Å². The number of piperazine rings is 1. The average molecular weight is 649 g/mol. The van der Waals surface area contributed by atoms with E-state index in [1.54, 1.807) is 42.3 Å². The lowest BCUT2D eigenvalue weighted by molar-refractivity contribution is 0.0183. The Morgan fingerprint density at radius 2 is 1.76 bits per heavy atom. The second-order valence-corrected chi connectivity index (χ2v) is 13.0. The van der Waals surface area contributed by atoms with E-state index in [9.17, 15) is 9.59 Å². The summed E-state index contributed by atoms with van der Waals surface area (Å²) in [6.45, 7) is 7.53. The van der Waals surface area contributed by atoms with E-state index in [0.29, 0.717) is 65.2 Å². The van der Waals surface area contributed by atoms with Crippen molar-refractivity contribution >= 4 is 35.0 Å². The van der Waals surface area contributed by atoms with Crippen molar-refractivity contribution in [3.05, 3.63) is 81.2 Å². The summed E-state index contributed by atoms with van der Waals surface area (Å²) in [5.41, 5.74) is 17.2. The zero-order valence-electron chi connectivity index (χ0n) is 25.4. The number of hydrogen-bond donors (Lipinski definition) is 2. The SMILES string of the molecule is COc1cc2c(cc1-c1cncc(C(N)=O)c1)-c1c(c(C(=O)N3CCN(CCN)CC3(C)C)nn1-c1cc(Cl)cc(Cl)c1)CC2. The minimum atomic E-state index is -0.575. The highest BCUT2D eigenvalue weighted by Crippen LogP contribution is 2.43. The van der Waals surface area contributed by atoms with Crippen molar-refractivity contribution in [1.82, 2.24) is 24.6 Å². The van der Waals surface area contributed by atoms with E-state index in [0.717, 1.165) is 41.0 Å². The second kappa shape index (κ2) is 12.1. The van der Waals surface area contributed by atoms with Crippen LogP contribution in [0.4, 0.5) is 0 Å². The molecule has 1 aliphatic heterocycles. The van der Waals surface area contributed by atoms with Crippen molar-refractivity contribution in [1.29, 1.82) is 0 Å². The third-order valence-electron chi connectivity index (χ3n) is 8.61. The van der Waals surface area contributed by atoms with Gasteiger partial charge >= 0.3 is 0 Å². The standard InChI is InChI=1S/C33H35Cl2N7O3/c1-33(2)18-40(7-6-36)8-9-41(33)32(44)29-25-5-4-19-11-28(45-3)26(20-10-21(31(37)43)17-38-16-20)15-27(19)30(25)42(39-29)24-13-22(34)12-23(35)14-24/h10-17H,4-9,18,36H2,1-3H3,(H2,37,43). The summed E-state index contributed by atoms with van der Waals surface area (Å²) in [7, 11) is 1.61. The lowest BCUT2D eigenvalue weighted by Gasteiger charge is -2.47. The van der Waals surface area contributed by atoms with Crippen LogP contribution < -0.4 is 16.2 Å². The van der Waals surface area contributed by atoms with Gasteiger partial charge in [-0.25, -0.2) is 4.68 Å². The van der Waals surface area contributed by atoms with Crippen LogP contribution in [0.1, 0.15) is 45.8 Å². The summed E-state index contributed by atoms with van der Waals surface area (Å²) in [4.78, 5) is 34.8. The van der Waals surface area contributed by atoms with Gasteiger partial charge in [-0.1, -0.05) is 23.2 Å². The number of carbonyl (C=O) groups is 2. The Labute approximate surface area is 271 Å². The molecule has 2 amide bonds. The third kappa shape index (κ3) is 5.79. The van der Waals surface area contributed by atoms with Crippen molar-refractivity contribution in [3.8, 4) is 33.8 Å². The number of fused-ring (bicyclic) bond motifs is 3. The van der Waals surface area contributed by atoms with Crippen LogP contribution in [0.5, 0.6) is 5.75 Å². The Morgan fingerprint density at radius 3 is 2.42 bits per heavy atom. The maximum atomic E-state index is 14.4. The number of carbonyl (C=O) groups excluding carboxylic acids is 2.